The van der Waals surface area contributed by atoms with Crippen molar-refractivity contribution in [2.45, 2.75) is 44.2 Å². The first-order valence-electron chi connectivity index (χ1n) is 15.7. The number of rotatable bonds is 7. The summed E-state index contributed by atoms with van der Waals surface area (Å²) in [6.45, 7) is 5.53. The van der Waals surface area contributed by atoms with Crippen molar-refractivity contribution in [2.24, 2.45) is 17.3 Å². The number of aromatic nitrogens is 2. The van der Waals surface area contributed by atoms with E-state index in [-0.39, 0.29) is 39.2 Å². The number of aromatic hydroxyl groups is 1. The number of phenolic OH excluding ortho intramolecular Hbond substituents is 1. The molecule has 9 heteroatoms. The molecule has 5 fully saturated rings. The van der Waals surface area contributed by atoms with Crippen LogP contribution in [0.4, 0.5) is 14.6 Å². The number of nitrogens with one attached hydrogen (secondary N) is 1. The Morgan fingerprint density at radius 2 is 1.74 bits per heavy atom. The molecule has 2 saturated carbocycles. The van der Waals surface area contributed by atoms with Gasteiger partial charge in [0.2, 0.25) is 0 Å². The maximum atomic E-state index is 16.6. The predicted molar refractivity (Wildman–Crippen MR) is 161 cm³/mol. The molecule has 2 aliphatic carbocycles. The van der Waals surface area contributed by atoms with E-state index in [9.17, 15) is 5.11 Å². The minimum absolute atomic E-state index is 0.0543. The molecule has 2 bridgehead atoms. The second kappa shape index (κ2) is 9.47. The van der Waals surface area contributed by atoms with Crippen LogP contribution >= 0.6 is 0 Å². The highest BCUT2D eigenvalue weighted by atomic mass is 19.1. The number of fused-ring (bicyclic) bond motifs is 5. The summed E-state index contributed by atoms with van der Waals surface area (Å²) in [6.07, 6.45) is 5.86. The van der Waals surface area contributed by atoms with Crippen LogP contribution in [0, 0.1) is 28.9 Å². The topological polar surface area (TPSA) is 73.8 Å². The molecule has 4 aromatic rings. The van der Waals surface area contributed by atoms with Crippen LogP contribution in [-0.4, -0.2) is 71.4 Å². The molecule has 2 N–H and O–H groups in total. The van der Waals surface area contributed by atoms with Gasteiger partial charge in [-0.25, -0.2) is 8.78 Å². The van der Waals surface area contributed by atoms with E-state index in [1.54, 1.807) is 18.2 Å². The first-order valence-corrected chi connectivity index (χ1v) is 15.7. The number of ether oxygens (including phenoxy) is 1. The van der Waals surface area contributed by atoms with Gasteiger partial charge in [0.25, 0.3) is 0 Å². The molecule has 0 radical (unpaired) electrons. The minimum Gasteiger partial charge on any atom is -0.508 e. The molecule has 9 rings (SSSR count). The van der Waals surface area contributed by atoms with Crippen LogP contribution in [0.3, 0.4) is 0 Å². The SMILES string of the molecule is Oc1cc(-c2ccc3c(N4CC5CCC(C4)N5)nc(OCC4(CN5CC6CC6C5)CC4)nc3c2F)c2c(F)cccc2c1. The quantitative estimate of drug-likeness (QED) is 0.298. The normalized spacial score (nSPS) is 27.2. The largest absolute Gasteiger partial charge is 0.508 e. The molecule has 0 amide bonds. The zero-order chi connectivity index (χ0) is 28.9. The highest BCUT2D eigenvalue weighted by molar-refractivity contribution is 6.01. The lowest BCUT2D eigenvalue weighted by Gasteiger charge is -2.34. The number of benzene rings is 3. The maximum Gasteiger partial charge on any atom is 0.319 e. The Balaban J connectivity index is 1.12. The molecule has 4 heterocycles. The van der Waals surface area contributed by atoms with Gasteiger partial charge in [-0.05, 0) is 79.2 Å². The summed E-state index contributed by atoms with van der Waals surface area (Å²) in [7, 11) is 0. The summed E-state index contributed by atoms with van der Waals surface area (Å²) in [5.74, 6) is 1.37. The molecule has 43 heavy (non-hydrogen) atoms. The van der Waals surface area contributed by atoms with Crippen molar-refractivity contribution in [3.63, 3.8) is 0 Å². The lowest BCUT2D eigenvalue weighted by Crippen LogP contribution is -2.51. The Bertz CT molecular complexity index is 1760. The number of nitrogens with zero attached hydrogens (tertiary/aromatic N) is 4. The van der Waals surface area contributed by atoms with Gasteiger partial charge in [0.15, 0.2) is 5.82 Å². The maximum absolute atomic E-state index is 16.6. The Morgan fingerprint density at radius 3 is 2.51 bits per heavy atom. The smallest absolute Gasteiger partial charge is 0.319 e. The molecule has 3 saturated heterocycles. The molecule has 3 aliphatic heterocycles. The summed E-state index contributed by atoms with van der Waals surface area (Å²) in [6, 6.07) is 12.0. The van der Waals surface area contributed by atoms with E-state index in [0.717, 1.165) is 57.2 Å². The van der Waals surface area contributed by atoms with E-state index in [2.05, 4.69) is 20.1 Å². The van der Waals surface area contributed by atoms with Crippen molar-refractivity contribution in [1.82, 2.24) is 20.2 Å². The molecule has 4 unspecified atom stereocenters. The average molecular weight is 584 g/mol. The summed E-state index contributed by atoms with van der Waals surface area (Å²) < 4.78 is 38.1. The van der Waals surface area contributed by atoms with Crippen LogP contribution in [0.15, 0.2) is 42.5 Å². The van der Waals surface area contributed by atoms with E-state index >= 15 is 8.78 Å². The standard InChI is InChI=1S/C34H35F2N5O2/c35-28-3-1-2-19-11-24(42)12-27(29(19)28)25-6-7-26-31(30(25)36)38-33(39-32(26)41-15-22-4-5-23(16-41)37-22)43-18-34(8-9-34)17-40-13-20-10-21(20)14-40/h1-3,6-7,11-12,20-23,37,42H,4-5,8-10,13-18H2. The fourth-order valence-electron chi connectivity index (χ4n) is 8.03. The van der Waals surface area contributed by atoms with E-state index in [0.29, 0.717) is 35.3 Å². The van der Waals surface area contributed by atoms with Gasteiger partial charge < -0.3 is 25.0 Å². The monoisotopic (exact) mass is 583 g/mol. The summed E-state index contributed by atoms with van der Waals surface area (Å²) >= 11 is 0. The van der Waals surface area contributed by atoms with Gasteiger partial charge in [-0.2, -0.15) is 9.97 Å². The van der Waals surface area contributed by atoms with Gasteiger partial charge in [0.1, 0.15) is 22.9 Å². The fraction of sp³-hybridized carbons (Fsp3) is 0.471. The first kappa shape index (κ1) is 25.9. The Hall–Kier alpha value is -3.56. The highest BCUT2D eigenvalue weighted by Gasteiger charge is 2.50. The third kappa shape index (κ3) is 4.51. The molecule has 3 aromatic carbocycles. The number of piperazine rings is 1. The number of halogens is 2. The number of hydrogen-bond donors (Lipinski definition) is 2. The van der Waals surface area contributed by atoms with Crippen LogP contribution in [-0.2, 0) is 0 Å². The fourth-order valence-corrected chi connectivity index (χ4v) is 8.03. The van der Waals surface area contributed by atoms with Crippen LogP contribution in [0.1, 0.15) is 32.1 Å². The van der Waals surface area contributed by atoms with Gasteiger partial charge in [-0.15, -0.1) is 0 Å². The Kier molecular flexibility index (Phi) is 5.70. The lowest BCUT2D eigenvalue weighted by atomic mass is 9.96. The van der Waals surface area contributed by atoms with E-state index in [1.165, 1.54) is 37.7 Å². The summed E-state index contributed by atoms with van der Waals surface area (Å²) in [5, 5.41) is 15.5. The lowest BCUT2D eigenvalue weighted by molar-refractivity contribution is 0.163. The molecular weight excluding hydrogens is 548 g/mol. The Morgan fingerprint density at radius 1 is 0.953 bits per heavy atom. The van der Waals surface area contributed by atoms with Crippen molar-refractivity contribution in [3.8, 4) is 22.9 Å². The molecule has 222 valence electrons. The zero-order valence-corrected chi connectivity index (χ0v) is 24.0. The van der Waals surface area contributed by atoms with Crippen molar-refractivity contribution in [1.29, 1.82) is 0 Å². The van der Waals surface area contributed by atoms with E-state index in [4.69, 9.17) is 9.72 Å². The van der Waals surface area contributed by atoms with Crippen LogP contribution in [0.5, 0.6) is 11.8 Å². The molecule has 7 nitrogen and oxygen atoms in total. The third-order valence-electron chi connectivity index (χ3n) is 10.6. The van der Waals surface area contributed by atoms with Gasteiger partial charge in [0, 0.05) is 66.6 Å². The summed E-state index contributed by atoms with van der Waals surface area (Å²) in [5.41, 5.74) is 0.735. The van der Waals surface area contributed by atoms with Crippen molar-refractivity contribution in [3.05, 3.63) is 54.1 Å². The molecule has 1 aromatic heterocycles. The van der Waals surface area contributed by atoms with Crippen molar-refractivity contribution < 1.29 is 18.6 Å². The van der Waals surface area contributed by atoms with Gasteiger partial charge in [-0.1, -0.05) is 18.2 Å². The van der Waals surface area contributed by atoms with Gasteiger partial charge in [-0.3, -0.25) is 0 Å². The second-order valence-electron chi connectivity index (χ2n) is 13.8. The number of anilines is 1. The molecule has 0 spiro atoms. The number of likely N-dealkylation sites (tertiary alicyclic amines) is 1. The predicted octanol–water partition coefficient (Wildman–Crippen LogP) is 5.49. The van der Waals surface area contributed by atoms with Crippen molar-refractivity contribution in [2.75, 3.05) is 44.2 Å². The second-order valence-corrected chi connectivity index (χ2v) is 13.8. The summed E-state index contributed by atoms with van der Waals surface area (Å²) in [4.78, 5) is 14.4. The number of piperidine rings is 1. The number of phenols is 1. The zero-order valence-electron chi connectivity index (χ0n) is 24.0. The van der Waals surface area contributed by atoms with Crippen LogP contribution < -0.4 is 15.0 Å². The van der Waals surface area contributed by atoms with Gasteiger partial charge in [0.05, 0.1) is 6.61 Å². The highest BCUT2D eigenvalue weighted by Crippen LogP contribution is 2.51. The van der Waals surface area contributed by atoms with E-state index in [1.807, 2.05) is 6.07 Å². The average Bonchev–Trinajstić information content (AvgIpc) is 3.87. The molecular formula is C34H35F2N5O2. The number of hydrogen-bond acceptors (Lipinski definition) is 7. The Labute approximate surface area is 248 Å². The van der Waals surface area contributed by atoms with Crippen molar-refractivity contribution >= 4 is 27.5 Å². The minimum atomic E-state index is -0.573. The molecule has 5 aliphatic rings. The van der Waals surface area contributed by atoms with Gasteiger partial charge >= 0.3 is 6.01 Å². The van der Waals surface area contributed by atoms with E-state index < -0.39 is 11.6 Å². The van der Waals surface area contributed by atoms with Crippen LogP contribution in [0.2, 0.25) is 0 Å². The molecule has 4 atom stereocenters. The first-order chi connectivity index (χ1) is 20.9. The van der Waals surface area contributed by atoms with Crippen LogP contribution in [0.25, 0.3) is 32.8 Å². The third-order valence-corrected chi connectivity index (χ3v) is 10.6.